The smallest absolute Gasteiger partial charge is 0.332 e. The lowest BCUT2D eigenvalue weighted by molar-refractivity contribution is -0.116. The molecule has 2 aromatic carbocycles. The first-order chi connectivity index (χ1) is 15.3. The lowest BCUT2D eigenvalue weighted by Crippen LogP contribution is -2.41. The van der Waals surface area contributed by atoms with Crippen LogP contribution < -0.4 is 21.5 Å². The molecule has 4 aromatic rings. The number of carbonyl (C=O) groups is 1. The number of carbonyl (C=O) groups excluding carboxylic acids is 1. The average molecular weight is 453 g/mol. The third-order valence-electron chi connectivity index (χ3n) is 5.09. The van der Waals surface area contributed by atoms with E-state index in [9.17, 15) is 18.8 Å². The van der Waals surface area contributed by atoms with Gasteiger partial charge >= 0.3 is 5.69 Å². The van der Waals surface area contributed by atoms with E-state index in [0.29, 0.717) is 15.9 Å². The topological polar surface area (TPSA) is 76.3 Å². The second-order valence-corrected chi connectivity index (χ2v) is 8.39. The molecule has 7 nitrogen and oxygen atoms in total. The third-order valence-corrected chi connectivity index (χ3v) is 5.98. The summed E-state index contributed by atoms with van der Waals surface area (Å²) >= 11 is 1.18. The highest BCUT2D eigenvalue weighted by Gasteiger charge is 2.17. The summed E-state index contributed by atoms with van der Waals surface area (Å²) in [5.74, 6) is -0.913. The molecule has 0 aliphatic rings. The molecule has 1 amide bonds. The quantitative estimate of drug-likeness (QED) is 0.488. The molecule has 0 saturated carbocycles. The zero-order valence-electron chi connectivity index (χ0n) is 17.5. The van der Waals surface area contributed by atoms with Crippen LogP contribution in [0.25, 0.3) is 10.2 Å². The number of hydrogen-bond donors (Lipinski definition) is 1. The van der Waals surface area contributed by atoms with Crippen molar-refractivity contribution in [2.75, 3.05) is 24.3 Å². The van der Waals surface area contributed by atoms with Gasteiger partial charge in [-0.2, -0.15) is 0 Å². The molecule has 0 unspecified atom stereocenters. The van der Waals surface area contributed by atoms with Crippen molar-refractivity contribution >= 4 is 38.8 Å². The van der Waals surface area contributed by atoms with Crippen LogP contribution in [0.3, 0.4) is 0 Å². The Morgan fingerprint density at radius 1 is 1.03 bits per heavy atom. The largest absolute Gasteiger partial charge is 0.378 e. The molecule has 0 bridgehead atoms. The van der Waals surface area contributed by atoms with Crippen LogP contribution in [-0.4, -0.2) is 29.1 Å². The highest BCUT2D eigenvalue weighted by molar-refractivity contribution is 7.17. The van der Waals surface area contributed by atoms with Crippen molar-refractivity contribution in [3.8, 4) is 0 Å². The summed E-state index contributed by atoms with van der Waals surface area (Å²) < 4.78 is 16.7. The second-order valence-electron chi connectivity index (χ2n) is 7.48. The van der Waals surface area contributed by atoms with E-state index in [1.54, 1.807) is 29.6 Å². The molecular formula is C23H21FN4O3S. The number of amides is 1. The van der Waals surface area contributed by atoms with Gasteiger partial charge in [0.15, 0.2) is 0 Å². The van der Waals surface area contributed by atoms with Gasteiger partial charge in [0.1, 0.15) is 17.1 Å². The van der Waals surface area contributed by atoms with Crippen LogP contribution >= 0.6 is 11.3 Å². The molecule has 0 aliphatic carbocycles. The van der Waals surface area contributed by atoms with Crippen LogP contribution in [0.2, 0.25) is 0 Å². The minimum Gasteiger partial charge on any atom is -0.378 e. The first kappa shape index (κ1) is 21.5. The first-order valence-corrected chi connectivity index (χ1v) is 10.7. The summed E-state index contributed by atoms with van der Waals surface area (Å²) in [6, 6.07) is 14.9. The zero-order valence-corrected chi connectivity index (χ0v) is 18.4. The predicted molar refractivity (Wildman–Crippen MR) is 125 cm³/mol. The van der Waals surface area contributed by atoms with Gasteiger partial charge in [0.25, 0.3) is 5.56 Å². The standard InChI is InChI=1S/C23H21FN4O3S/c1-26(2)17-9-7-16(8-10-17)25-20(29)14-27-19-11-12-32-21(19)22(30)28(23(27)31)13-15-5-3-4-6-18(15)24/h3-12H,13-14H2,1-2H3,(H,25,29). The number of hydrogen-bond acceptors (Lipinski definition) is 5. The number of aromatic nitrogens is 2. The van der Waals surface area contributed by atoms with Gasteiger partial charge < -0.3 is 10.2 Å². The number of rotatable bonds is 6. The molecular weight excluding hydrogens is 431 g/mol. The molecule has 4 rings (SSSR count). The molecule has 0 spiro atoms. The Morgan fingerprint density at radius 3 is 2.44 bits per heavy atom. The van der Waals surface area contributed by atoms with E-state index in [-0.39, 0.29) is 18.7 Å². The van der Waals surface area contributed by atoms with Crippen molar-refractivity contribution in [3.05, 3.63) is 92.2 Å². The Labute approximate surface area is 187 Å². The van der Waals surface area contributed by atoms with E-state index in [0.717, 1.165) is 10.3 Å². The molecule has 32 heavy (non-hydrogen) atoms. The molecule has 9 heteroatoms. The summed E-state index contributed by atoms with van der Waals surface area (Å²) in [5.41, 5.74) is 1.02. The summed E-state index contributed by atoms with van der Waals surface area (Å²) in [7, 11) is 3.84. The summed E-state index contributed by atoms with van der Waals surface area (Å²) in [6.45, 7) is -0.495. The fourth-order valence-electron chi connectivity index (χ4n) is 3.41. The van der Waals surface area contributed by atoms with Crippen molar-refractivity contribution in [2.24, 2.45) is 0 Å². The van der Waals surface area contributed by atoms with Crippen molar-refractivity contribution in [3.63, 3.8) is 0 Å². The van der Waals surface area contributed by atoms with E-state index in [1.807, 2.05) is 31.1 Å². The second kappa shape index (κ2) is 8.80. The number of nitrogens with zero attached hydrogens (tertiary/aromatic N) is 3. The summed E-state index contributed by atoms with van der Waals surface area (Å²) in [5, 5.41) is 4.46. The van der Waals surface area contributed by atoms with Crippen LogP contribution in [0.15, 0.2) is 69.6 Å². The van der Waals surface area contributed by atoms with E-state index >= 15 is 0 Å². The van der Waals surface area contributed by atoms with E-state index < -0.39 is 23.0 Å². The van der Waals surface area contributed by atoms with Crippen LogP contribution in [-0.2, 0) is 17.9 Å². The molecule has 0 fully saturated rings. The number of thiophene rings is 1. The molecule has 0 aliphatic heterocycles. The lowest BCUT2D eigenvalue weighted by Gasteiger charge is -2.14. The number of benzene rings is 2. The Balaban J connectivity index is 1.67. The van der Waals surface area contributed by atoms with Gasteiger partial charge in [0, 0.05) is 31.0 Å². The van der Waals surface area contributed by atoms with Crippen LogP contribution in [0.4, 0.5) is 15.8 Å². The normalized spacial score (nSPS) is 11.0. The maximum atomic E-state index is 14.1. The van der Waals surface area contributed by atoms with Crippen molar-refractivity contribution in [1.82, 2.24) is 9.13 Å². The summed E-state index contributed by atoms with van der Waals surface area (Å²) in [4.78, 5) is 40.7. The van der Waals surface area contributed by atoms with Gasteiger partial charge in [-0.3, -0.25) is 18.7 Å². The van der Waals surface area contributed by atoms with Crippen LogP contribution in [0.1, 0.15) is 5.56 Å². The van der Waals surface area contributed by atoms with Gasteiger partial charge in [-0.1, -0.05) is 18.2 Å². The molecule has 0 atom stereocenters. The molecule has 1 N–H and O–H groups in total. The SMILES string of the molecule is CN(C)c1ccc(NC(=O)Cn2c(=O)n(Cc3ccccc3F)c(=O)c3sccc32)cc1. The lowest BCUT2D eigenvalue weighted by atomic mass is 10.2. The fraction of sp³-hybridized carbons (Fsp3) is 0.174. The minimum absolute atomic E-state index is 0.216. The highest BCUT2D eigenvalue weighted by atomic mass is 32.1. The molecule has 2 aromatic heterocycles. The van der Waals surface area contributed by atoms with E-state index in [1.165, 1.54) is 34.1 Å². The minimum atomic E-state index is -0.665. The van der Waals surface area contributed by atoms with Crippen LogP contribution in [0.5, 0.6) is 0 Å². The Morgan fingerprint density at radius 2 is 1.75 bits per heavy atom. The van der Waals surface area contributed by atoms with Gasteiger partial charge in [-0.15, -0.1) is 11.3 Å². The fourth-order valence-corrected chi connectivity index (χ4v) is 4.25. The third kappa shape index (κ3) is 4.19. The first-order valence-electron chi connectivity index (χ1n) is 9.86. The Bertz CT molecular complexity index is 1400. The predicted octanol–water partition coefficient (Wildman–Crippen LogP) is 3.12. The number of fused-ring (bicyclic) bond motifs is 1. The van der Waals surface area contributed by atoms with Gasteiger partial charge in [0.05, 0.1) is 12.1 Å². The van der Waals surface area contributed by atoms with Crippen molar-refractivity contribution < 1.29 is 9.18 Å². The number of nitrogens with one attached hydrogen (secondary N) is 1. The van der Waals surface area contributed by atoms with E-state index in [4.69, 9.17) is 0 Å². The average Bonchev–Trinajstić information content (AvgIpc) is 3.26. The summed E-state index contributed by atoms with van der Waals surface area (Å²) in [6.07, 6.45) is 0. The molecule has 0 saturated heterocycles. The van der Waals surface area contributed by atoms with Gasteiger partial charge in [0.2, 0.25) is 5.91 Å². The molecule has 2 heterocycles. The van der Waals surface area contributed by atoms with Crippen molar-refractivity contribution in [1.29, 1.82) is 0 Å². The van der Waals surface area contributed by atoms with Gasteiger partial charge in [-0.05, 0) is 41.8 Å². The number of anilines is 2. The Hall–Kier alpha value is -3.72. The highest BCUT2D eigenvalue weighted by Crippen LogP contribution is 2.18. The Kier molecular flexibility index (Phi) is 5.91. The molecule has 0 radical (unpaired) electrons. The maximum Gasteiger partial charge on any atom is 0.332 e. The molecule has 164 valence electrons. The van der Waals surface area contributed by atoms with E-state index in [2.05, 4.69) is 5.32 Å². The van der Waals surface area contributed by atoms with Gasteiger partial charge in [-0.25, -0.2) is 9.18 Å². The van der Waals surface area contributed by atoms with Crippen LogP contribution in [0, 0.1) is 5.82 Å². The monoisotopic (exact) mass is 452 g/mol. The zero-order chi connectivity index (χ0) is 22.8. The number of halogens is 1. The van der Waals surface area contributed by atoms with Crippen molar-refractivity contribution in [2.45, 2.75) is 13.1 Å². The maximum absolute atomic E-state index is 14.1.